The number of rotatable bonds is 2. The Morgan fingerprint density at radius 1 is 1.24 bits per heavy atom. The maximum atomic E-state index is 12.0. The Labute approximate surface area is 126 Å². The number of piperazine rings is 1. The molecule has 0 saturated carbocycles. The molecule has 116 valence electrons. The molecule has 6 nitrogen and oxygen atoms in total. The predicted octanol–water partition coefficient (Wildman–Crippen LogP) is 0.963. The van der Waals surface area contributed by atoms with Gasteiger partial charge < -0.3 is 14.5 Å². The number of nitrogens with zero attached hydrogens (tertiary/aromatic N) is 3. The van der Waals surface area contributed by atoms with Crippen molar-refractivity contribution < 1.29 is 14.8 Å². The largest absolute Gasteiger partial charge is 0.444 e. The minimum Gasteiger partial charge on any atom is -0.444 e. The van der Waals surface area contributed by atoms with Gasteiger partial charge in [0, 0.05) is 32.2 Å². The van der Waals surface area contributed by atoms with Crippen molar-refractivity contribution in [2.45, 2.75) is 26.4 Å². The molecule has 1 saturated heterocycles. The van der Waals surface area contributed by atoms with Crippen LogP contribution in [0.4, 0.5) is 16.3 Å². The molecular weight excluding hydrogens is 268 g/mol. The third-order valence-electron chi connectivity index (χ3n) is 3.36. The number of aromatic nitrogens is 1. The van der Waals surface area contributed by atoms with E-state index >= 15 is 0 Å². The van der Waals surface area contributed by atoms with Crippen molar-refractivity contribution in [3.05, 3.63) is 18.3 Å². The van der Waals surface area contributed by atoms with Crippen LogP contribution in [-0.2, 0) is 4.74 Å². The molecular formula is C15H25N4O2+. The predicted molar refractivity (Wildman–Crippen MR) is 81.8 cm³/mol. The van der Waals surface area contributed by atoms with E-state index in [0.717, 1.165) is 24.6 Å². The van der Waals surface area contributed by atoms with Gasteiger partial charge in [-0.05, 0) is 26.8 Å². The lowest BCUT2D eigenvalue weighted by molar-refractivity contribution is -0.543. The van der Waals surface area contributed by atoms with Gasteiger partial charge in [0.1, 0.15) is 5.60 Å². The number of amides is 1. The number of pyridine rings is 1. The smallest absolute Gasteiger partial charge is 0.410 e. The summed E-state index contributed by atoms with van der Waals surface area (Å²) in [4.78, 5) is 20.4. The Morgan fingerprint density at radius 3 is 2.38 bits per heavy atom. The van der Waals surface area contributed by atoms with Crippen LogP contribution in [-0.4, -0.2) is 54.8 Å². The Bertz CT molecular complexity index is 473. The lowest BCUT2D eigenvalue weighted by Crippen LogP contribution is -2.73. The van der Waals surface area contributed by atoms with Gasteiger partial charge in [-0.15, -0.1) is 0 Å². The van der Waals surface area contributed by atoms with E-state index in [1.54, 1.807) is 4.90 Å². The highest BCUT2D eigenvalue weighted by molar-refractivity contribution is 5.68. The van der Waals surface area contributed by atoms with E-state index in [0.29, 0.717) is 13.1 Å². The fourth-order valence-electron chi connectivity index (χ4n) is 2.23. The van der Waals surface area contributed by atoms with Crippen LogP contribution >= 0.6 is 0 Å². The van der Waals surface area contributed by atoms with Crippen LogP contribution in [0.3, 0.4) is 0 Å². The fourth-order valence-corrected chi connectivity index (χ4v) is 2.23. The molecule has 0 radical (unpaired) electrons. The molecule has 0 bridgehead atoms. The molecule has 0 unspecified atom stereocenters. The van der Waals surface area contributed by atoms with E-state index < -0.39 is 5.60 Å². The van der Waals surface area contributed by atoms with Crippen LogP contribution < -0.4 is 10.2 Å². The summed E-state index contributed by atoms with van der Waals surface area (Å²) in [5, 5.41) is 1.98. The van der Waals surface area contributed by atoms with Crippen molar-refractivity contribution in [1.82, 2.24) is 9.88 Å². The minimum atomic E-state index is -0.440. The molecule has 1 aliphatic heterocycles. The van der Waals surface area contributed by atoms with Crippen LogP contribution in [0.1, 0.15) is 20.8 Å². The van der Waals surface area contributed by atoms with E-state index in [-0.39, 0.29) is 6.09 Å². The second-order valence-corrected chi connectivity index (χ2v) is 6.18. The first-order valence-corrected chi connectivity index (χ1v) is 7.37. The summed E-state index contributed by atoms with van der Waals surface area (Å²) in [6.07, 6.45) is 1.66. The van der Waals surface area contributed by atoms with Crippen LogP contribution in [0.2, 0.25) is 0 Å². The van der Waals surface area contributed by atoms with Crippen LogP contribution in [0.25, 0.3) is 0 Å². The van der Waals surface area contributed by atoms with E-state index in [1.807, 2.05) is 45.4 Å². The van der Waals surface area contributed by atoms with Gasteiger partial charge in [-0.3, -0.25) is 5.32 Å². The zero-order valence-electron chi connectivity index (χ0n) is 13.3. The molecule has 0 aliphatic carbocycles. The Kier molecular flexibility index (Phi) is 4.67. The van der Waals surface area contributed by atoms with Gasteiger partial charge in [0.05, 0.1) is 18.9 Å². The van der Waals surface area contributed by atoms with Crippen molar-refractivity contribution in [2.75, 3.05) is 38.1 Å². The summed E-state index contributed by atoms with van der Waals surface area (Å²) in [5.41, 5.74) is 0.661. The SMILES string of the molecule is C[NH2+]c1ccc(N2CCN(C(=O)OC(C)(C)C)CC2)cn1. The summed E-state index contributed by atoms with van der Waals surface area (Å²) in [5.74, 6) is 0.978. The van der Waals surface area contributed by atoms with Gasteiger partial charge in [0.25, 0.3) is 0 Å². The molecule has 0 atom stereocenters. The standard InChI is InChI=1S/C15H24N4O2/c1-15(2,3)21-14(20)19-9-7-18(8-10-19)12-5-6-13(16-4)17-11-12/h5-6,11H,7-10H2,1-4H3,(H,16,17)/p+1. The zero-order valence-corrected chi connectivity index (χ0v) is 13.3. The monoisotopic (exact) mass is 293 g/mol. The topological polar surface area (TPSA) is 62.3 Å². The molecule has 21 heavy (non-hydrogen) atoms. The number of hydrogen-bond acceptors (Lipinski definition) is 4. The molecule has 0 spiro atoms. The molecule has 1 fully saturated rings. The van der Waals surface area contributed by atoms with Gasteiger partial charge in [-0.25, -0.2) is 9.78 Å². The summed E-state index contributed by atoms with van der Waals surface area (Å²) < 4.78 is 5.40. The van der Waals surface area contributed by atoms with E-state index in [4.69, 9.17) is 4.74 Å². The molecule has 1 aromatic rings. The number of carbonyl (C=O) groups is 1. The molecule has 2 heterocycles. The fraction of sp³-hybridized carbons (Fsp3) is 0.600. The number of nitrogens with two attached hydrogens (primary N) is 1. The average Bonchev–Trinajstić information content (AvgIpc) is 2.46. The lowest BCUT2D eigenvalue weighted by atomic mass is 10.2. The number of ether oxygens (including phenoxy) is 1. The van der Waals surface area contributed by atoms with Gasteiger partial charge in [0.2, 0.25) is 5.82 Å². The molecule has 1 aromatic heterocycles. The summed E-state index contributed by atoms with van der Waals surface area (Å²) >= 11 is 0. The van der Waals surface area contributed by atoms with Gasteiger partial charge in [-0.1, -0.05) is 0 Å². The van der Waals surface area contributed by atoms with Gasteiger partial charge in [0.15, 0.2) is 0 Å². The first kappa shape index (κ1) is 15.6. The van der Waals surface area contributed by atoms with Crippen LogP contribution in [0, 0.1) is 0 Å². The zero-order chi connectivity index (χ0) is 15.5. The molecule has 1 aliphatic rings. The molecule has 2 N–H and O–H groups in total. The minimum absolute atomic E-state index is 0.226. The summed E-state index contributed by atoms with van der Waals surface area (Å²) in [7, 11) is 1.97. The number of hydrogen-bond donors (Lipinski definition) is 1. The van der Waals surface area contributed by atoms with Gasteiger partial charge >= 0.3 is 6.09 Å². The van der Waals surface area contributed by atoms with Crippen molar-refractivity contribution in [3.63, 3.8) is 0 Å². The Balaban J connectivity index is 1.89. The van der Waals surface area contributed by atoms with E-state index in [2.05, 4.69) is 16.0 Å². The highest BCUT2D eigenvalue weighted by Gasteiger charge is 2.25. The maximum absolute atomic E-state index is 12.0. The Morgan fingerprint density at radius 2 is 1.90 bits per heavy atom. The highest BCUT2D eigenvalue weighted by Crippen LogP contribution is 2.17. The summed E-state index contributed by atoms with van der Waals surface area (Å²) in [6.45, 7) is 8.62. The normalized spacial score (nSPS) is 16.0. The van der Waals surface area contributed by atoms with Crippen molar-refractivity contribution in [2.24, 2.45) is 0 Å². The molecule has 6 heteroatoms. The van der Waals surface area contributed by atoms with Crippen molar-refractivity contribution in [1.29, 1.82) is 0 Å². The number of quaternary nitrogens is 1. The number of carbonyl (C=O) groups excluding carboxylic acids is 1. The Hall–Kier alpha value is -1.82. The number of anilines is 1. The van der Waals surface area contributed by atoms with Gasteiger partial charge in [-0.2, -0.15) is 0 Å². The third-order valence-corrected chi connectivity index (χ3v) is 3.36. The van der Waals surface area contributed by atoms with E-state index in [9.17, 15) is 4.79 Å². The molecule has 0 aromatic carbocycles. The third kappa shape index (κ3) is 4.32. The second-order valence-electron chi connectivity index (χ2n) is 6.18. The highest BCUT2D eigenvalue weighted by atomic mass is 16.6. The van der Waals surface area contributed by atoms with Crippen LogP contribution in [0.5, 0.6) is 0 Å². The average molecular weight is 293 g/mol. The first-order chi connectivity index (χ1) is 9.89. The van der Waals surface area contributed by atoms with E-state index in [1.165, 1.54) is 0 Å². The summed E-state index contributed by atoms with van der Waals surface area (Å²) in [6, 6.07) is 4.08. The van der Waals surface area contributed by atoms with Crippen molar-refractivity contribution in [3.8, 4) is 0 Å². The second kappa shape index (κ2) is 6.30. The van der Waals surface area contributed by atoms with Crippen molar-refractivity contribution >= 4 is 17.6 Å². The first-order valence-electron chi connectivity index (χ1n) is 7.37. The molecule has 2 rings (SSSR count). The maximum Gasteiger partial charge on any atom is 0.410 e. The van der Waals surface area contributed by atoms with Crippen LogP contribution in [0.15, 0.2) is 18.3 Å². The lowest BCUT2D eigenvalue weighted by Gasteiger charge is -2.36. The quantitative estimate of drug-likeness (QED) is 0.882. The molecule has 1 amide bonds.